The first kappa shape index (κ1) is 18.8. The number of rotatable bonds is 5. The van der Waals surface area contributed by atoms with Gasteiger partial charge in [-0.15, -0.1) is 0 Å². The van der Waals surface area contributed by atoms with E-state index in [0.717, 1.165) is 40.0 Å². The van der Waals surface area contributed by atoms with Gasteiger partial charge in [0, 0.05) is 30.9 Å². The molecule has 0 radical (unpaired) electrons. The number of imidazole rings is 1. The third-order valence-corrected chi connectivity index (χ3v) is 5.64. The summed E-state index contributed by atoms with van der Waals surface area (Å²) in [6, 6.07) is 24.8. The van der Waals surface area contributed by atoms with Gasteiger partial charge in [-0.1, -0.05) is 48.5 Å². The fourth-order valence-corrected chi connectivity index (χ4v) is 4.08. The minimum absolute atomic E-state index is 0.619. The maximum absolute atomic E-state index is 10.00. The highest BCUT2D eigenvalue weighted by Gasteiger charge is 2.20. The van der Waals surface area contributed by atoms with E-state index in [2.05, 4.69) is 39.0 Å². The predicted octanol–water partition coefficient (Wildman–Crippen LogP) is 5.27. The van der Waals surface area contributed by atoms with Crippen molar-refractivity contribution in [2.45, 2.75) is 19.9 Å². The molecule has 31 heavy (non-hydrogen) atoms. The number of para-hydroxylation sites is 2. The Morgan fingerprint density at radius 2 is 1.74 bits per heavy atom. The van der Waals surface area contributed by atoms with Crippen LogP contribution in [0.1, 0.15) is 27.8 Å². The number of hydrogen-bond donors (Lipinski definition) is 1. The Morgan fingerprint density at radius 3 is 2.52 bits per heavy atom. The molecule has 0 aliphatic rings. The van der Waals surface area contributed by atoms with Crippen LogP contribution in [-0.4, -0.2) is 14.4 Å². The first-order valence-corrected chi connectivity index (χ1v) is 10.3. The van der Waals surface area contributed by atoms with Crippen LogP contribution in [0.25, 0.3) is 16.7 Å². The molecule has 3 heterocycles. The van der Waals surface area contributed by atoms with E-state index in [1.807, 2.05) is 61.7 Å². The van der Waals surface area contributed by atoms with Crippen LogP contribution in [0.2, 0.25) is 0 Å². The summed E-state index contributed by atoms with van der Waals surface area (Å²) in [4.78, 5) is 9.03. The Balaban J connectivity index is 1.76. The topological polar surface area (TPSA) is 66.0 Å². The average Bonchev–Trinajstić information content (AvgIpc) is 3.19. The number of nitriles is 1. The number of aromatic nitrogens is 3. The molecule has 0 amide bonds. The number of pyridine rings is 2. The minimum Gasteiger partial charge on any atom is -0.367 e. The van der Waals surface area contributed by atoms with Crippen molar-refractivity contribution in [2.75, 3.05) is 5.32 Å². The molecule has 1 N–H and O–H groups in total. The Labute approximate surface area is 180 Å². The van der Waals surface area contributed by atoms with Gasteiger partial charge in [0.2, 0.25) is 0 Å². The molecule has 5 heteroatoms. The maximum Gasteiger partial charge on any atom is 0.157 e. The molecule has 0 bridgehead atoms. The zero-order valence-electron chi connectivity index (χ0n) is 17.2. The fourth-order valence-electron chi connectivity index (χ4n) is 4.08. The Morgan fingerprint density at radius 1 is 0.968 bits per heavy atom. The van der Waals surface area contributed by atoms with Gasteiger partial charge in [0.05, 0.1) is 16.6 Å². The molecule has 0 fully saturated rings. The maximum atomic E-state index is 10.00. The highest BCUT2D eigenvalue weighted by atomic mass is 15.1. The highest BCUT2D eigenvalue weighted by Crippen LogP contribution is 2.32. The van der Waals surface area contributed by atoms with E-state index in [1.54, 1.807) is 6.20 Å². The smallest absolute Gasteiger partial charge is 0.157 e. The van der Waals surface area contributed by atoms with E-state index >= 15 is 0 Å². The number of fused-ring (bicyclic) bond motifs is 3. The molecule has 3 aromatic heterocycles. The molecule has 2 aromatic carbocycles. The quantitative estimate of drug-likeness (QED) is 0.434. The zero-order valence-corrected chi connectivity index (χ0v) is 17.2. The second-order valence-corrected chi connectivity index (χ2v) is 7.58. The molecule has 0 spiro atoms. The molecule has 0 unspecified atom stereocenters. The second-order valence-electron chi connectivity index (χ2n) is 7.58. The van der Waals surface area contributed by atoms with Crippen molar-refractivity contribution in [1.29, 1.82) is 5.26 Å². The van der Waals surface area contributed by atoms with Crippen LogP contribution < -0.4 is 5.32 Å². The lowest BCUT2D eigenvalue weighted by atomic mass is 9.97. The lowest BCUT2D eigenvalue weighted by Crippen LogP contribution is -2.11. The van der Waals surface area contributed by atoms with Crippen LogP contribution in [0.3, 0.4) is 0 Å². The highest BCUT2D eigenvalue weighted by molar-refractivity contribution is 5.86. The standard InChI is InChI=1S/C26H21N5/c1-18-21(14-19-8-3-2-4-9-19)25(29-17-20-10-7-13-28-16-20)31-24-12-6-5-11-23(24)30-26(31)22(18)15-27/h2-13,16,29H,14,17H2,1H3. The van der Waals surface area contributed by atoms with Gasteiger partial charge in [-0.05, 0) is 41.8 Å². The summed E-state index contributed by atoms with van der Waals surface area (Å²) < 4.78 is 2.09. The van der Waals surface area contributed by atoms with Crippen molar-refractivity contribution in [3.05, 3.63) is 107 Å². The minimum atomic E-state index is 0.619. The summed E-state index contributed by atoms with van der Waals surface area (Å²) >= 11 is 0. The summed E-state index contributed by atoms with van der Waals surface area (Å²) in [6.45, 7) is 2.65. The van der Waals surface area contributed by atoms with E-state index in [4.69, 9.17) is 4.98 Å². The third kappa shape index (κ3) is 3.38. The Kier molecular flexibility index (Phi) is 4.81. The molecule has 5 nitrogen and oxygen atoms in total. The monoisotopic (exact) mass is 403 g/mol. The number of nitrogens with zero attached hydrogens (tertiary/aromatic N) is 4. The van der Waals surface area contributed by atoms with Crippen molar-refractivity contribution < 1.29 is 0 Å². The summed E-state index contributed by atoms with van der Waals surface area (Å²) in [5.41, 5.74) is 7.51. The van der Waals surface area contributed by atoms with Crippen molar-refractivity contribution in [3.63, 3.8) is 0 Å². The van der Waals surface area contributed by atoms with E-state index < -0.39 is 0 Å². The van der Waals surface area contributed by atoms with E-state index in [0.29, 0.717) is 17.8 Å². The molecule has 0 atom stereocenters. The number of benzene rings is 2. The van der Waals surface area contributed by atoms with E-state index in [1.165, 1.54) is 5.56 Å². The van der Waals surface area contributed by atoms with Gasteiger partial charge in [-0.2, -0.15) is 5.26 Å². The van der Waals surface area contributed by atoms with Gasteiger partial charge in [0.1, 0.15) is 11.9 Å². The summed E-state index contributed by atoms with van der Waals surface area (Å²) in [6.07, 6.45) is 4.36. The van der Waals surface area contributed by atoms with Crippen LogP contribution in [-0.2, 0) is 13.0 Å². The van der Waals surface area contributed by atoms with Gasteiger partial charge < -0.3 is 5.32 Å². The van der Waals surface area contributed by atoms with Crippen LogP contribution >= 0.6 is 0 Å². The summed E-state index contributed by atoms with van der Waals surface area (Å²) in [7, 11) is 0. The Bertz CT molecular complexity index is 1410. The fraction of sp³-hybridized carbons (Fsp3) is 0.115. The first-order chi connectivity index (χ1) is 15.3. The van der Waals surface area contributed by atoms with Crippen molar-refractivity contribution in [1.82, 2.24) is 14.4 Å². The molecule has 5 rings (SSSR count). The first-order valence-electron chi connectivity index (χ1n) is 10.3. The molecule has 150 valence electrons. The number of hydrogen-bond acceptors (Lipinski definition) is 4. The Hall–Kier alpha value is -4.17. The summed E-state index contributed by atoms with van der Waals surface area (Å²) in [5, 5.41) is 13.6. The van der Waals surface area contributed by atoms with Gasteiger partial charge in [0.25, 0.3) is 0 Å². The van der Waals surface area contributed by atoms with Gasteiger partial charge in [-0.25, -0.2) is 4.98 Å². The average molecular weight is 403 g/mol. The second kappa shape index (κ2) is 7.92. The molecule has 0 aliphatic carbocycles. The molecular weight excluding hydrogens is 382 g/mol. The normalized spacial score (nSPS) is 11.0. The largest absolute Gasteiger partial charge is 0.367 e. The van der Waals surface area contributed by atoms with Gasteiger partial charge in [0.15, 0.2) is 5.65 Å². The van der Waals surface area contributed by atoms with Crippen molar-refractivity contribution >= 4 is 22.5 Å². The SMILES string of the molecule is Cc1c(Cc2ccccc2)c(NCc2cccnc2)n2c(nc3ccccc32)c1C#N. The van der Waals surface area contributed by atoms with Crippen molar-refractivity contribution in [3.8, 4) is 6.07 Å². The van der Waals surface area contributed by atoms with Crippen molar-refractivity contribution in [2.24, 2.45) is 0 Å². The van der Waals surface area contributed by atoms with Crippen LogP contribution in [0.15, 0.2) is 79.1 Å². The lowest BCUT2D eigenvalue weighted by molar-refractivity contribution is 1.02. The van der Waals surface area contributed by atoms with Crippen LogP contribution in [0.5, 0.6) is 0 Å². The van der Waals surface area contributed by atoms with E-state index in [9.17, 15) is 5.26 Å². The predicted molar refractivity (Wildman–Crippen MR) is 123 cm³/mol. The van der Waals surface area contributed by atoms with Crippen LogP contribution in [0.4, 0.5) is 5.82 Å². The van der Waals surface area contributed by atoms with Gasteiger partial charge >= 0.3 is 0 Å². The van der Waals surface area contributed by atoms with Crippen LogP contribution in [0, 0.1) is 18.3 Å². The molecule has 0 aliphatic heterocycles. The molecule has 5 aromatic rings. The summed E-state index contributed by atoms with van der Waals surface area (Å²) in [5.74, 6) is 0.966. The molecular formula is C26H21N5. The number of nitrogens with one attached hydrogen (secondary N) is 1. The molecule has 0 saturated carbocycles. The van der Waals surface area contributed by atoms with Gasteiger partial charge in [-0.3, -0.25) is 9.38 Å². The van der Waals surface area contributed by atoms with E-state index in [-0.39, 0.29) is 0 Å². The third-order valence-electron chi connectivity index (χ3n) is 5.64. The molecule has 0 saturated heterocycles. The lowest BCUT2D eigenvalue weighted by Gasteiger charge is -2.19. The number of anilines is 1. The zero-order chi connectivity index (χ0) is 21.2.